The Morgan fingerprint density at radius 2 is 1.42 bits per heavy atom. The Balaban J connectivity index is 1.03. The van der Waals surface area contributed by atoms with E-state index in [1.54, 1.807) is 0 Å². The first-order chi connectivity index (χ1) is 28.1. The normalized spacial score (nSPS) is 21.5. The lowest BCUT2D eigenvalue weighted by atomic mass is 9.67. The maximum atomic E-state index is 7.16. The standard InChI is InChI=1S/C53H46N4/c1-35-16-15-19-38(32-35)50(54)51(36-17-5-2-6-18-36)57-52(55-57)37-28-30-41(31-29-37)56-48-27-14-12-25-43(48)45-33-44-42-24-11-13-26-46(42)53(47(44)34-49(45)56,39-20-7-3-8-21-39)40-22-9-4-10-23-40/h3-5,7-31,33-35,50-52,55H,2,6,32,54H2,1H3/t35?,50-,51?,52?,57?/m0/s1. The molecule has 2 heterocycles. The molecule has 4 nitrogen and oxygen atoms in total. The summed E-state index contributed by atoms with van der Waals surface area (Å²) in [5.74, 6) is 0.503. The highest BCUT2D eigenvalue weighted by Crippen LogP contribution is 2.57. The van der Waals surface area contributed by atoms with Gasteiger partial charge >= 0.3 is 0 Å². The summed E-state index contributed by atoms with van der Waals surface area (Å²) in [5, 5.41) is 4.90. The van der Waals surface area contributed by atoms with E-state index in [9.17, 15) is 0 Å². The van der Waals surface area contributed by atoms with E-state index >= 15 is 0 Å². The number of nitrogens with two attached hydrogens (primary N) is 1. The van der Waals surface area contributed by atoms with Gasteiger partial charge in [-0.1, -0.05) is 164 Å². The summed E-state index contributed by atoms with van der Waals surface area (Å²) in [6, 6.07) is 54.2. The summed E-state index contributed by atoms with van der Waals surface area (Å²) >= 11 is 0. The van der Waals surface area contributed by atoms with Crippen molar-refractivity contribution in [3.63, 3.8) is 0 Å². The zero-order chi connectivity index (χ0) is 38.1. The van der Waals surface area contributed by atoms with Gasteiger partial charge in [-0.15, -0.1) is 0 Å². The Kier molecular flexibility index (Phi) is 8.15. The summed E-state index contributed by atoms with van der Waals surface area (Å²) in [6.45, 7) is 2.28. The molecule has 0 spiro atoms. The molecule has 4 heteroatoms. The third-order valence-corrected chi connectivity index (χ3v) is 12.9. The molecule has 0 radical (unpaired) electrons. The molecule has 278 valence electrons. The molecule has 1 aliphatic heterocycles. The third kappa shape index (κ3) is 5.39. The first kappa shape index (κ1) is 34.2. The average molecular weight is 739 g/mol. The van der Waals surface area contributed by atoms with Crippen LogP contribution in [0.3, 0.4) is 0 Å². The summed E-state index contributed by atoms with van der Waals surface area (Å²) in [4.78, 5) is 0. The van der Waals surface area contributed by atoms with Crippen molar-refractivity contribution in [1.29, 1.82) is 0 Å². The second kappa shape index (κ2) is 13.6. The van der Waals surface area contributed by atoms with Gasteiger partial charge in [0.25, 0.3) is 0 Å². The number of rotatable bonds is 8. The van der Waals surface area contributed by atoms with Crippen LogP contribution in [0.25, 0.3) is 38.6 Å². The fourth-order valence-electron chi connectivity index (χ4n) is 10.3. The molecule has 5 atom stereocenters. The van der Waals surface area contributed by atoms with Gasteiger partial charge in [0, 0.05) is 22.5 Å². The van der Waals surface area contributed by atoms with Gasteiger partial charge in [0.05, 0.1) is 22.5 Å². The van der Waals surface area contributed by atoms with Crippen LogP contribution in [0, 0.1) is 5.92 Å². The monoisotopic (exact) mass is 738 g/mol. The zero-order valence-corrected chi connectivity index (χ0v) is 32.2. The van der Waals surface area contributed by atoms with E-state index in [-0.39, 0.29) is 18.2 Å². The van der Waals surface area contributed by atoms with Crippen LogP contribution in [-0.2, 0) is 5.41 Å². The summed E-state index contributed by atoms with van der Waals surface area (Å²) in [7, 11) is 0. The zero-order valence-electron chi connectivity index (χ0n) is 32.2. The molecule has 3 aliphatic carbocycles. The van der Waals surface area contributed by atoms with E-state index in [1.807, 2.05) is 0 Å². The molecule has 1 saturated heterocycles. The maximum absolute atomic E-state index is 7.16. The third-order valence-electron chi connectivity index (χ3n) is 12.9. The van der Waals surface area contributed by atoms with Crippen LogP contribution in [0.2, 0.25) is 0 Å². The van der Waals surface area contributed by atoms with Crippen molar-refractivity contribution in [3.8, 4) is 16.8 Å². The largest absolute Gasteiger partial charge is 0.323 e. The highest BCUT2D eigenvalue weighted by Gasteiger charge is 2.47. The van der Waals surface area contributed by atoms with E-state index < -0.39 is 5.41 Å². The molecule has 6 aromatic carbocycles. The van der Waals surface area contributed by atoms with Crippen molar-refractivity contribution in [1.82, 2.24) is 15.0 Å². The minimum absolute atomic E-state index is 0.0641. The molecule has 11 rings (SSSR count). The number of allylic oxidation sites excluding steroid dienone is 5. The number of nitrogens with one attached hydrogen (secondary N) is 1. The van der Waals surface area contributed by atoms with Gasteiger partial charge in [-0.05, 0) is 100 Å². The molecule has 57 heavy (non-hydrogen) atoms. The highest BCUT2D eigenvalue weighted by molar-refractivity contribution is 6.12. The molecule has 1 aromatic heterocycles. The number of benzene rings is 6. The first-order valence-corrected chi connectivity index (χ1v) is 20.5. The number of hydrazine groups is 1. The maximum Gasteiger partial charge on any atom is 0.113 e. The van der Waals surface area contributed by atoms with Crippen molar-refractivity contribution in [2.75, 3.05) is 0 Å². The fraction of sp³-hybridized carbons (Fsp3) is 0.170. The van der Waals surface area contributed by atoms with Gasteiger partial charge < -0.3 is 10.3 Å². The average Bonchev–Trinajstić information content (AvgIpc) is 3.91. The lowest BCUT2D eigenvalue weighted by Gasteiger charge is -2.34. The number of para-hydroxylation sites is 1. The highest BCUT2D eigenvalue weighted by atomic mass is 15.8. The lowest BCUT2D eigenvalue weighted by molar-refractivity contribution is 0.355. The van der Waals surface area contributed by atoms with Gasteiger partial charge in [-0.25, -0.2) is 10.4 Å². The summed E-state index contributed by atoms with van der Waals surface area (Å²) in [5.41, 5.74) is 25.7. The fourth-order valence-corrected chi connectivity index (χ4v) is 10.3. The van der Waals surface area contributed by atoms with Crippen molar-refractivity contribution in [3.05, 3.63) is 221 Å². The summed E-state index contributed by atoms with van der Waals surface area (Å²) < 4.78 is 2.47. The minimum atomic E-state index is -0.461. The molecular formula is C53H46N4. The van der Waals surface area contributed by atoms with Crippen molar-refractivity contribution in [2.45, 2.75) is 49.9 Å². The Morgan fingerprint density at radius 3 is 2.16 bits per heavy atom. The smallest absolute Gasteiger partial charge is 0.113 e. The Bertz CT molecular complexity index is 2750. The van der Waals surface area contributed by atoms with E-state index in [0.29, 0.717) is 5.92 Å². The molecule has 4 unspecified atom stereocenters. The van der Waals surface area contributed by atoms with Gasteiger partial charge in [-0.3, -0.25) is 0 Å². The Morgan fingerprint density at radius 1 is 0.702 bits per heavy atom. The molecule has 0 bridgehead atoms. The lowest BCUT2D eigenvalue weighted by Crippen LogP contribution is -2.44. The van der Waals surface area contributed by atoms with Crippen LogP contribution in [0.4, 0.5) is 0 Å². The van der Waals surface area contributed by atoms with Crippen molar-refractivity contribution in [2.24, 2.45) is 11.7 Å². The predicted octanol–water partition coefficient (Wildman–Crippen LogP) is 11.5. The molecule has 0 amide bonds. The van der Waals surface area contributed by atoms with Crippen molar-refractivity contribution >= 4 is 21.8 Å². The Hall–Kier alpha value is -6.04. The number of fused-ring (bicyclic) bond motifs is 6. The molecule has 0 saturated carbocycles. The van der Waals surface area contributed by atoms with Crippen LogP contribution in [0.1, 0.15) is 60.2 Å². The van der Waals surface area contributed by atoms with Gasteiger partial charge in [-0.2, -0.15) is 0 Å². The van der Waals surface area contributed by atoms with Crippen molar-refractivity contribution < 1.29 is 0 Å². The van der Waals surface area contributed by atoms with Gasteiger partial charge in [0.1, 0.15) is 6.17 Å². The van der Waals surface area contributed by atoms with Crippen LogP contribution < -0.4 is 11.2 Å². The van der Waals surface area contributed by atoms with E-state index in [0.717, 1.165) is 24.9 Å². The number of aromatic nitrogens is 1. The Labute approximate surface area is 334 Å². The quantitative estimate of drug-likeness (QED) is 0.153. The molecule has 4 aliphatic rings. The molecular weight excluding hydrogens is 693 g/mol. The first-order valence-electron chi connectivity index (χ1n) is 20.5. The van der Waals surface area contributed by atoms with Crippen LogP contribution >= 0.6 is 0 Å². The molecule has 1 fully saturated rings. The minimum Gasteiger partial charge on any atom is -0.323 e. The summed E-state index contributed by atoms with van der Waals surface area (Å²) in [6.07, 6.45) is 16.9. The predicted molar refractivity (Wildman–Crippen MR) is 235 cm³/mol. The van der Waals surface area contributed by atoms with E-state index in [2.05, 4.69) is 204 Å². The van der Waals surface area contributed by atoms with E-state index in [4.69, 9.17) is 5.73 Å². The van der Waals surface area contributed by atoms with Gasteiger partial charge in [0.15, 0.2) is 0 Å². The number of nitrogens with zero attached hydrogens (tertiary/aromatic N) is 2. The second-order valence-electron chi connectivity index (χ2n) is 16.3. The van der Waals surface area contributed by atoms with Crippen LogP contribution in [0.15, 0.2) is 193 Å². The number of hydrogen-bond donors (Lipinski definition) is 2. The molecule has 3 N–H and O–H groups in total. The topological polar surface area (TPSA) is 55.9 Å². The van der Waals surface area contributed by atoms with E-state index in [1.165, 1.54) is 71.9 Å². The second-order valence-corrected chi connectivity index (χ2v) is 16.3. The van der Waals surface area contributed by atoms with Gasteiger partial charge in [0.2, 0.25) is 0 Å². The molecule has 7 aromatic rings. The SMILES string of the molecule is CC1C=CC=C([C@H](N)C(C2=CCCC=C2)N2NC2c2ccc(-n3c4ccccc4c4cc5c(cc43)C(c3ccccc3)(c3ccccc3)c3ccccc3-5)cc2)C1. The number of hydrogen-bond acceptors (Lipinski definition) is 3. The van der Waals surface area contributed by atoms with Crippen LogP contribution in [-0.4, -0.2) is 21.7 Å². The van der Waals surface area contributed by atoms with Crippen LogP contribution in [0.5, 0.6) is 0 Å².